The van der Waals surface area contributed by atoms with Crippen LogP contribution in [0.15, 0.2) is 21.5 Å². The third-order valence-electron chi connectivity index (χ3n) is 4.17. The standard InChI is InChI=1S/C15H21BrClNO2S/c1-3-18(10-12-5-4-6-12)21(19,20)15-8-13(9-17)7-14(16)11(15)2/h7-8,12H,3-6,9-10H2,1-2H3. The Labute approximate surface area is 140 Å². The lowest BCUT2D eigenvalue weighted by molar-refractivity contribution is 0.250. The van der Waals surface area contributed by atoms with Crippen molar-refractivity contribution in [2.75, 3.05) is 13.1 Å². The van der Waals surface area contributed by atoms with E-state index in [-0.39, 0.29) is 0 Å². The van der Waals surface area contributed by atoms with Gasteiger partial charge in [0.25, 0.3) is 0 Å². The molecule has 0 N–H and O–H groups in total. The van der Waals surface area contributed by atoms with Gasteiger partial charge in [-0.2, -0.15) is 4.31 Å². The predicted octanol–water partition coefficient (Wildman–Crippen LogP) is 4.31. The van der Waals surface area contributed by atoms with Crippen molar-refractivity contribution in [3.63, 3.8) is 0 Å². The summed E-state index contributed by atoms with van der Waals surface area (Å²) >= 11 is 9.31. The normalized spacial score (nSPS) is 16.2. The second kappa shape index (κ2) is 6.99. The number of nitrogens with zero attached hydrogens (tertiary/aromatic N) is 1. The molecule has 2 rings (SSSR count). The van der Waals surface area contributed by atoms with E-state index in [1.165, 1.54) is 6.42 Å². The lowest BCUT2D eigenvalue weighted by atomic mass is 9.85. The first-order chi connectivity index (χ1) is 9.90. The Hall–Kier alpha value is -0.100. The molecular weight excluding hydrogens is 374 g/mol. The van der Waals surface area contributed by atoms with Crippen LogP contribution in [0.1, 0.15) is 37.3 Å². The highest BCUT2D eigenvalue weighted by Crippen LogP contribution is 2.32. The van der Waals surface area contributed by atoms with Crippen molar-refractivity contribution in [1.82, 2.24) is 4.31 Å². The largest absolute Gasteiger partial charge is 0.243 e. The summed E-state index contributed by atoms with van der Waals surface area (Å²) in [6.45, 7) is 4.85. The number of benzene rings is 1. The lowest BCUT2D eigenvalue weighted by Gasteiger charge is -2.31. The summed E-state index contributed by atoms with van der Waals surface area (Å²) in [7, 11) is -3.46. The van der Waals surface area contributed by atoms with E-state index in [1.54, 1.807) is 10.4 Å². The van der Waals surface area contributed by atoms with Crippen molar-refractivity contribution in [3.8, 4) is 0 Å². The zero-order chi connectivity index (χ0) is 15.6. The molecule has 1 aromatic carbocycles. The molecule has 1 fully saturated rings. The molecule has 1 aromatic rings. The van der Waals surface area contributed by atoms with Gasteiger partial charge in [0.05, 0.1) is 4.90 Å². The van der Waals surface area contributed by atoms with Crippen LogP contribution in [0.5, 0.6) is 0 Å². The zero-order valence-corrected chi connectivity index (χ0v) is 15.6. The minimum atomic E-state index is -3.46. The van der Waals surface area contributed by atoms with Crippen LogP contribution < -0.4 is 0 Å². The maximum Gasteiger partial charge on any atom is 0.243 e. The minimum absolute atomic E-state index is 0.302. The van der Waals surface area contributed by atoms with E-state index >= 15 is 0 Å². The number of alkyl halides is 1. The van der Waals surface area contributed by atoms with Gasteiger partial charge >= 0.3 is 0 Å². The molecular formula is C15H21BrClNO2S. The van der Waals surface area contributed by atoms with E-state index in [4.69, 9.17) is 11.6 Å². The van der Waals surface area contributed by atoms with Gasteiger partial charge in [0.1, 0.15) is 0 Å². The molecule has 0 bridgehead atoms. The summed E-state index contributed by atoms with van der Waals surface area (Å²) in [5.41, 5.74) is 1.56. The first-order valence-corrected chi connectivity index (χ1v) is 10.0. The van der Waals surface area contributed by atoms with E-state index in [1.807, 2.05) is 19.9 Å². The number of hydrogen-bond donors (Lipinski definition) is 0. The van der Waals surface area contributed by atoms with Crippen molar-refractivity contribution < 1.29 is 8.42 Å². The van der Waals surface area contributed by atoms with Crippen LogP contribution in [-0.4, -0.2) is 25.8 Å². The second-order valence-electron chi connectivity index (χ2n) is 5.59. The quantitative estimate of drug-likeness (QED) is 0.674. The Morgan fingerprint density at radius 1 is 1.38 bits per heavy atom. The molecule has 0 radical (unpaired) electrons. The summed E-state index contributed by atoms with van der Waals surface area (Å²) in [6, 6.07) is 3.58. The van der Waals surface area contributed by atoms with Crippen molar-refractivity contribution in [2.24, 2.45) is 5.92 Å². The van der Waals surface area contributed by atoms with Gasteiger partial charge in [-0.05, 0) is 48.9 Å². The van der Waals surface area contributed by atoms with Crippen molar-refractivity contribution >= 4 is 37.6 Å². The molecule has 0 saturated heterocycles. The topological polar surface area (TPSA) is 37.4 Å². The van der Waals surface area contributed by atoms with Crippen LogP contribution in [0, 0.1) is 12.8 Å². The third-order valence-corrected chi connectivity index (χ3v) is 7.37. The Morgan fingerprint density at radius 3 is 2.52 bits per heavy atom. The zero-order valence-electron chi connectivity index (χ0n) is 12.4. The minimum Gasteiger partial charge on any atom is -0.207 e. The number of sulfonamides is 1. The van der Waals surface area contributed by atoms with Gasteiger partial charge in [0, 0.05) is 23.4 Å². The highest BCUT2D eigenvalue weighted by Gasteiger charge is 2.30. The smallest absolute Gasteiger partial charge is 0.207 e. The van der Waals surface area contributed by atoms with Gasteiger partial charge in [-0.1, -0.05) is 29.3 Å². The highest BCUT2D eigenvalue weighted by atomic mass is 79.9. The van der Waals surface area contributed by atoms with Gasteiger partial charge in [0.2, 0.25) is 10.0 Å². The van der Waals surface area contributed by atoms with Gasteiger partial charge < -0.3 is 0 Å². The van der Waals surface area contributed by atoms with E-state index in [0.717, 1.165) is 28.4 Å². The first-order valence-electron chi connectivity index (χ1n) is 7.25. The average molecular weight is 395 g/mol. The third kappa shape index (κ3) is 3.63. The summed E-state index contributed by atoms with van der Waals surface area (Å²) in [5, 5.41) is 0. The summed E-state index contributed by atoms with van der Waals surface area (Å²) in [4.78, 5) is 0.369. The Kier molecular flexibility index (Phi) is 5.74. The van der Waals surface area contributed by atoms with E-state index < -0.39 is 10.0 Å². The fraction of sp³-hybridized carbons (Fsp3) is 0.600. The summed E-state index contributed by atoms with van der Waals surface area (Å²) in [5.74, 6) is 0.815. The van der Waals surface area contributed by atoms with Crippen LogP contribution in [-0.2, 0) is 15.9 Å². The highest BCUT2D eigenvalue weighted by molar-refractivity contribution is 9.10. The summed E-state index contributed by atoms with van der Waals surface area (Å²) < 4.78 is 28.3. The number of halogens is 2. The number of rotatable bonds is 6. The maximum absolute atomic E-state index is 12.9. The fourth-order valence-electron chi connectivity index (χ4n) is 2.55. The molecule has 1 aliphatic rings. The molecule has 3 nitrogen and oxygen atoms in total. The lowest BCUT2D eigenvalue weighted by Crippen LogP contribution is -2.37. The molecule has 1 saturated carbocycles. The van der Waals surface area contributed by atoms with Crippen molar-refractivity contribution in [1.29, 1.82) is 0 Å². The van der Waals surface area contributed by atoms with Gasteiger partial charge in [-0.15, -0.1) is 11.6 Å². The van der Waals surface area contributed by atoms with E-state index in [9.17, 15) is 8.42 Å². The SMILES string of the molecule is CCN(CC1CCC1)S(=O)(=O)c1cc(CCl)cc(Br)c1C. The molecule has 0 heterocycles. The van der Waals surface area contributed by atoms with E-state index in [0.29, 0.717) is 29.8 Å². The monoisotopic (exact) mass is 393 g/mol. The van der Waals surface area contributed by atoms with Gasteiger partial charge in [0.15, 0.2) is 0 Å². The van der Waals surface area contributed by atoms with Crippen LogP contribution in [0.4, 0.5) is 0 Å². The number of hydrogen-bond acceptors (Lipinski definition) is 2. The first kappa shape index (κ1) is 17.3. The molecule has 21 heavy (non-hydrogen) atoms. The van der Waals surface area contributed by atoms with Crippen LogP contribution in [0.25, 0.3) is 0 Å². The van der Waals surface area contributed by atoms with Crippen LogP contribution in [0.3, 0.4) is 0 Å². The van der Waals surface area contributed by atoms with Crippen LogP contribution >= 0.6 is 27.5 Å². The molecule has 1 aliphatic carbocycles. The van der Waals surface area contributed by atoms with E-state index in [2.05, 4.69) is 15.9 Å². The molecule has 0 atom stereocenters. The Balaban J connectivity index is 2.39. The fourth-order valence-corrected chi connectivity index (χ4v) is 5.17. The van der Waals surface area contributed by atoms with Gasteiger partial charge in [-0.25, -0.2) is 8.42 Å². The molecule has 0 aromatic heterocycles. The van der Waals surface area contributed by atoms with Crippen LogP contribution in [0.2, 0.25) is 0 Å². The van der Waals surface area contributed by atoms with Crippen molar-refractivity contribution in [3.05, 3.63) is 27.7 Å². The maximum atomic E-state index is 12.9. The predicted molar refractivity (Wildman–Crippen MR) is 90.2 cm³/mol. The molecule has 0 amide bonds. The Morgan fingerprint density at radius 2 is 2.05 bits per heavy atom. The Bertz CT molecular complexity index is 614. The van der Waals surface area contributed by atoms with Crippen molar-refractivity contribution in [2.45, 2.75) is 43.9 Å². The second-order valence-corrected chi connectivity index (χ2v) is 8.61. The average Bonchev–Trinajstić information content (AvgIpc) is 2.40. The van der Waals surface area contributed by atoms with Gasteiger partial charge in [-0.3, -0.25) is 0 Å². The summed E-state index contributed by atoms with van der Waals surface area (Å²) in [6.07, 6.45) is 3.49. The molecule has 0 aliphatic heterocycles. The molecule has 0 unspecified atom stereocenters. The molecule has 0 spiro atoms. The molecule has 6 heteroatoms. The molecule has 118 valence electrons.